The molecule has 152 valence electrons. The van der Waals surface area contributed by atoms with Gasteiger partial charge in [0.25, 0.3) is 5.91 Å². The molecule has 0 bridgehead atoms. The highest BCUT2D eigenvalue weighted by atomic mass is 16.5. The van der Waals surface area contributed by atoms with Crippen LogP contribution in [-0.2, 0) is 24.2 Å². The molecule has 0 radical (unpaired) electrons. The number of hydrogen-bond acceptors (Lipinski definition) is 3. The Kier molecular flexibility index (Phi) is 7.12. The summed E-state index contributed by atoms with van der Waals surface area (Å²) in [7, 11) is 0. The lowest BCUT2D eigenvalue weighted by Crippen LogP contribution is -2.25. The standard InChI is InChI=1S/C25H30N2O2/c1-3-4-9-24(18(2)26)25(28)27-17-19-10-13-22(14-11-19)29-23-15-12-20-7-5-6-8-21(20)16-23/h4,9-16H,3,5-8,17,26H2,1-2H3,(H,27,28)/b9-4-,24-18-. The largest absolute Gasteiger partial charge is 0.457 e. The molecule has 1 aliphatic carbocycles. The fourth-order valence-electron chi connectivity index (χ4n) is 3.48. The first kappa shape index (κ1) is 20.7. The van der Waals surface area contributed by atoms with Crippen molar-refractivity contribution >= 4 is 5.91 Å². The van der Waals surface area contributed by atoms with Crippen LogP contribution in [0.1, 0.15) is 49.8 Å². The molecule has 0 aromatic heterocycles. The highest BCUT2D eigenvalue weighted by Gasteiger charge is 2.11. The van der Waals surface area contributed by atoms with E-state index in [1.165, 1.54) is 30.4 Å². The molecule has 0 heterocycles. The predicted molar refractivity (Wildman–Crippen MR) is 118 cm³/mol. The van der Waals surface area contributed by atoms with Crippen LogP contribution < -0.4 is 15.8 Å². The molecule has 0 spiro atoms. The van der Waals surface area contributed by atoms with Crippen molar-refractivity contribution in [3.63, 3.8) is 0 Å². The molecule has 2 aromatic carbocycles. The Morgan fingerprint density at radius 2 is 1.76 bits per heavy atom. The molecule has 0 saturated heterocycles. The summed E-state index contributed by atoms with van der Waals surface area (Å²) in [4.78, 5) is 12.4. The molecule has 3 rings (SSSR count). The first-order chi connectivity index (χ1) is 14.1. The minimum Gasteiger partial charge on any atom is -0.457 e. The van der Waals surface area contributed by atoms with Gasteiger partial charge in [-0.15, -0.1) is 0 Å². The minimum absolute atomic E-state index is 0.163. The molecule has 2 aromatic rings. The summed E-state index contributed by atoms with van der Waals surface area (Å²) in [6.07, 6.45) is 9.41. The van der Waals surface area contributed by atoms with Gasteiger partial charge in [-0.2, -0.15) is 0 Å². The second-order valence-corrected chi connectivity index (χ2v) is 7.47. The van der Waals surface area contributed by atoms with E-state index in [1.54, 1.807) is 13.0 Å². The van der Waals surface area contributed by atoms with Crippen LogP contribution in [0.5, 0.6) is 11.5 Å². The number of rotatable bonds is 7. The molecule has 0 atom stereocenters. The van der Waals surface area contributed by atoms with Gasteiger partial charge in [-0.05, 0) is 80.0 Å². The number of ether oxygens (including phenoxy) is 1. The summed E-state index contributed by atoms with van der Waals surface area (Å²) in [6.45, 7) is 4.20. The number of nitrogens with two attached hydrogens (primary N) is 1. The van der Waals surface area contributed by atoms with E-state index in [1.807, 2.05) is 43.3 Å². The lowest BCUT2D eigenvalue weighted by Gasteiger charge is -2.16. The van der Waals surface area contributed by atoms with Gasteiger partial charge in [0.2, 0.25) is 0 Å². The Labute approximate surface area is 173 Å². The normalized spacial score (nSPS) is 14.3. The van der Waals surface area contributed by atoms with Crippen molar-refractivity contribution in [2.75, 3.05) is 0 Å². The SMILES string of the molecule is CC/C=C\C(C(=O)NCc1ccc(Oc2ccc3c(c2)CCCC3)cc1)=C(/C)N. The Bertz CT molecular complexity index is 907. The van der Waals surface area contributed by atoms with Crippen LogP contribution in [0.2, 0.25) is 0 Å². The summed E-state index contributed by atoms with van der Waals surface area (Å²) in [6, 6.07) is 14.2. The summed E-state index contributed by atoms with van der Waals surface area (Å²) < 4.78 is 6.02. The summed E-state index contributed by atoms with van der Waals surface area (Å²) in [5.41, 5.74) is 10.7. The van der Waals surface area contributed by atoms with Gasteiger partial charge < -0.3 is 15.8 Å². The van der Waals surface area contributed by atoms with E-state index in [2.05, 4.69) is 17.4 Å². The predicted octanol–water partition coefficient (Wildman–Crippen LogP) is 5.17. The summed E-state index contributed by atoms with van der Waals surface area (Å²) >= 11 is 0. The van der Waals surface area contributed by atoms with Crippen molar-refractivity contribution in [3.8, 4) is 11.5 Å². The summed E-state index contributed by atoms with van der Waals surface area (Å²) in [5.74, 6) is 1.51. The molecule has 1 aliphatic rings. The lowest BCUT2D eigenvalue weighted by atomic mass is 9.92. The van der Waals surface area contributed by atoms with E-state index < -0.39 is 0 Å². The number of aryl methyl sites for hydroxylation is 2. The molecule has 3 N–H and O–H groups in total. The van der Waals surface area contributed by atoms with E-state index in [0.717, 1.165) is 29.9 Å². The maximum atomic E-state index is 12.4. The number of allylic oxidation sites excluding steroid dienone is 2. The molecule has 29 heavy (non-hydrogen) atoms. The zero-order valence-corrected chi connectivity index (χ0v) is 17.3. The second-order valence-electron chi connectivity index (χ2n) is 7.47. The van der Waals surface area contributed by atoms with Gasteiger partial charge in [-0.3, -0.25) is 4.79 Å². The van der Waals surface area contributed by atoms with Gasteiger partial charge in [0.1, 0.15) is 11.5 Å². The average Bonchev–Trinajstić information content (AvgIpc) is 2.73. The van der Waals surface area contributed by atoms with E-state index in [0.29, 0.717) is 17.8 Å². The fraction of sp³-hybridized carbons (Fsp3) is 0.320. The number of carbonyl (C=O) groups is 1. The molecule has 0 unspecified atom stereocenters. The Hall–Kier alpha value is -3.01. The Morgan fingerprint density at radius 1 is 1.07 bits per heavy atom. The summed E-state index contributed by atoms with van der Waals surface area (Å²) in [5, 5.41) is 2.92. The van der Waals surface area contributed by atoms with Crippen molar-refractivity contribution in [2.24, 2.45) is 5.73 Å². The first-order valence-electron chi connectivity index (χ1n) is 10.4. The van der Waals surface area contributed by atoms with Crippen molar-refractivity contribution in [1.82, 2.24) is 5.32 Å². The minimum atomic E-state index is -0.163. The van der Waals surface area contributed by atoms with Gasteiger partial charge >= 0.3 is 0 Å². The first-order valence-corrected chi connectivity index (χ1v) is 10.4. The van der Waals surface area contributed by atoms with Gasteiger partial charge in [0.05, 0.1) is 5.57 Å². The van der Waals surface area contributed by atoms with Gasteiger partial charge in [-0.25, -0.2) is 0 Å². The number of fused-ring (bicyclic) bond motifs is 1. The van der Waals surface area contributed by atoms with Gasteiger partial charge in [0, 0.05) is 12.2 Å². The monoisotopic (exact) mass is 390 g/mol. The second kappa shape index (κ2) is 9.97. The average molecular weight is 391 g/mol. The van der Waals surface area contributed by atoms with E-state index in [-0.39, 0.29) is 5.91 Å². The van der Waals surface area contributed by atoms with Crippen LogP contribution >= 0.6 is 0 Å². The van der Waals surface area contributed by atoms with Gasteiger partial charge in [0.15, 0.2) is 0 Å². The van der Waals surface area contributed by atoms with Crippen molar-refractivity contribution in [3.05, 3.63) is 82.6 Å². The molecule has 0 fully saturated rings. The fourth-order valence-corrected chi connectivity index (χ4v) is 3.48. The number of hydrogen-bond donors (Lipinski definition) is 2. The third-order valence-electron chi connectivity index (χ3n) is 5.12. The molecular formula is C25H30N2O2. The van der Waals surface area contributed by atoms with Crippen molar-refractivity contribution in [1.29, 1.82) is 0 Å². The Morgan fingerprint density at radius 3 is 2.45 bits per heavy atom. The number of nitrogens with one attached hydrogen (secondary N) is 1. The number of amides is 1. The Balaban J connectivity index is 1.58. The molecule has 1 amide bonds. The zero-order valence-electron chi connectivity index (χ0n) is 17.3. The van der Waals surface area contributed by atoms with Crippen LogP contribution in [0.15, 0.2) is 65.9 Å². The van der Waals surface area contributed by atoms with Crippen molar-refractivity contribution < 1.29 is 9.53 Å². The molecule has 4 heteroatoms. The van der Waals surface area contributed by atoms with E-state index in [4.69, 9.17) is 10.5 Å². The molecule has 4 nitrogen and oxygen atoms in total. The van der Waals surface area contributed by atoms with E-state index >= 15 is 0 Å². The molecule has 0 aliphatic heterocycles. The third kappa shape index (κ3) is 5.74. The number of carbonyl (C=O) groups excluding carboxylic acids is 1. The molecule has 0 saturated carbocycles. The molecular weight excluding hydrogens is 360 g/mol. The highest BCUT2D eigenvalue weighted by molar-refractivity contribution is 5.96. The number of benzene rings is 2. The lowest BCUT2D eigenvalue weighted by molar-refractivity contribution is -0.117. The smallest absolute Gasteiger partial charge is 0.253 e. The van der Waals surface area contributed by atoms with Crippen LogP contribution in [0.4, 0.5) is 0 Å². The highest BCUT2D eigenvalue weighted by Crippen LogP contribution is 2.28. The van der Waals surface area contributed by atoms with E-state index in [9.17, 15) is 4.79 Å². The van der Waals surface area contributed by atoms with Crippen LogP contribution in [0.3, 0.4) is 0 Å². The maximum Gasteiger partial charge on any atom is 0.253 e. The third-order valence-corrected chi connectivity index (χ3v) is 5.12. The van der Waals surface area contributed by atoms with Crippen LogP contribution in [-0.4, -0.2) is 5.91 Å². The quantitative estimate of drug-likeness (QED) is 0.506. The topological polar surface area (TPSA) is 64.3 Å². The van der Waals surface area contributed by atoms with Crippen LogP contribution in [0.25, 0.3) is 0 Å². The van der Waals surface area contributed by atoms with Gasteiger partial charge in [-0.1, -0.05) is 37.3 Å². The zero-order chi connectivity index (χ0) is 20.6. The van der Waals surface area contributed by atoms with Crippen molar-refractivity contribution in [2.45, 2.75) is 52.5 Å². The van der Waals surface area contributed by atoms with Crippen LogP contribution in [0, 0.1) is 0 Å². The maximum absolute atomic E-state index is 12.4.